The fraction of sp³-hybridized carbons (Fsp3) is 0.231. The van der Waals surface area contributed by atoms with E-state index in [2.05, 4.69) is 15.2 Å². The summed E-state index contributed by atoms with van der Waals surface area (Å²) >= 11 is 0. The maximum absolute atomic E-state index is 15.3. The highest BCUT2D eigenvalue weighted by Crippen LogP contribution is 2.38. The number of amides is 3. The number of rotatable bonds is 9. The summed E-state index contributed by atoms with van der Waals surface area (Å²) < 4.78 is 86.4. The molecule has 4 rings (SSSR count). The first-order valence-electron chi connectivity index (χ1n) is 12.2. The fourth-order valence-corrected chi connectivity index (χ4v) is 4.57. The lowest BCUT2D eigenvalue weighted by Crippen LogP contribution is -2.47. The molecule has 3 aromatic rings. The van der Waals surface area contributed by atoms with Gasteiger partial charge >= 0.3 is 13.9 Å². The third-order valence-electron chi connectivity index (χ3n) is 6.68. The Labute approximate surface area is 235 Å². The quantitative estimate of drug-likeness (QED) is 0.153. The maximum Gasteiger partial charge on any atom is 0.471 e. The molecule has 0 spiro atoms. The molecule has 0 saturated heterocycles. The molecule has 0 unspecified atom stereocenters. The standard InChI is InChI=1S/C26H24F5N4O6P/c1-13-16-4-3-14(25(36)32-10-17-20(29)8-15(27)9-21(17)30)7-23(16)35(26(37)34(13)2)11-18-19(28)5-6-22(24(18)31)33-12-41-42(38,39)40/h3-9,13,33H,10-12H2,1-2H3,(H,32,36)(H2,38,39,40)/t13-/m0/s1. The molecule has 3 amide bonds. The highest BCUT2D eigenvalue weighted by atomic mass is 31.2. The Hall–Kier alpha value is -4.04. The van der Waals surface area contributed by atoms with Gasteiger partial charge in [-0.2, -0.15) is 0 Å². The number of hydrogen-bond acceptors (Lipinski definition) is 5. The molecule has 16 heteroatoms. The lowest BCUT2D eigenvalue weighted by atomic mass is 9.98. The molecular weight excluding hydrogens is 590 g/mol. The molecule has 42 heavy (non-hydrogen) atoms. The van der Waals surface area contributed by atoms with Crippen molar-refractivity contribution in [3.8, 4) is 0 Å². The number of fused-ring (bicyclic) bond motifs is 1. The van der Waals surface area contributed by atoms with Gasteiger partial charge in [-0.3, -0.25) is 14.2 Å². The van der Waals surface area contributed by atoms with Crippen LogP contribution >= 0.6 is 7.82 Å². The predicted octanol–water partition coefficient (Wildman–Crippen LogP) is 4.92. The molecule has 0 saturated carbocycles. The molecule has 3 aromatic carbocycles. The topological polar surface area (TPSA) is 131 Å². The Kier molecular flexibility index (Phi) is 8.87. The largest absolute Gasteiger partial charge is 0.471 e. The number of phosphoric ester groups is 1. The summed E-state index contributed by atoms with van der Waals surface area (Å²) in [5, 5.41) is 4.61. The maximum atomic E-state index is 15.3. The van der Waals surface area contributed by atoms with Crippen molar-refractivity contribution in [3.63, 3.8) is 0 Å². The van der Waals surface area contributed by atoms with Gasteiger partial charge in [0, 0.05) is 42.4 Å². The number of carbonyl (C=O) groups excluding carboxylic acids is 2. The van der Waals surface area contributed by atoms with E-state index in [-0.39, 0.29) is 16.9 Å². The molecule has 0 radical (unpaired) electrons. The van der Waals surface area contributed by atoms with E-state index in [0.717, 1.165) is 17.0 Å². The van der Waals surface area contributed by atoms with E-state index in [1.165, 1.54) is 30.1 Å². The van der Waals surface area contributed by atoms with Crippen LogP contribution in [0.25, 0.3) is 0 Å². The normalized spacial score (nSPS) is 15.1. The Morgan fingerprint density at radius 3 is 2.31 bits per heavy atom. The summed E-state index contributed by atoms with van der Waals surface area (Å²) in [6.45, 7) is -0.368. The fourth-order valence-electron chi connectivity index (χ4n) is 4.34. The number of halogens is 5. The SMILES string of the molecule is C[C@H]1c2ccc(C(=O)NCc3c(F)cc(F)cc3F)cc2N(Cc2c(F)ccc(NCOP(=O)(O)O)c2F)C(=O)N1C. The third kappa shape index (κ3) is 6.54. The summed E-state index contributed by atoms with van der Waals surface area (Å²) in [4.78, 5) is 46.1. The second-order valence-corrected chi connectivity index (χ2v) is 10.5. The average Bonchev–Trinajstić information content (AvgIpc) is 2.91. The minimum Gasteiger partial charge on any atom is -0.360 e. The van der Waals surface area contributed by atoms with Gasteiger partial charge in [0.25, 0.3) is 5.91 Å². The van der Waals surface area contributed by atoms with Crippen LogP contribution in [0.1, 0.15) is 40.0 Å². The van der Waals surface area contributed by atoms with Crippen molar-refractivity contribution in [2.75, 3.05) is 24.0 Å². The van der Waals surface area contributed by atoms with Crippen LogP contribution in [0, 0.1) is 29.1 Å². The molecule has 4 N–H and O–H groups in total. The van der Waals surface area contributed by atoms with E-state index >= 15 is 4.39 Å². The van der Waals surface area contributed by atoms with E-state index < -0.39 is 85.8 Å². The van der Waals surface area contributed by atoms with Gasteiger partial charge in [-0.05, 0) is 36.8 Å². The van der Waals surface area contributed by atoms with Crippen LogP contribution in [0.5, 0.6) is 0 Å². The van der Waals surface area contributed by atoms with Crippen molar-refractivity contribution in [1.29, 1.82) is 0 Å². The first kappa shape index (κ1) is 30.9. The molecular formula is C26H24F5N4O6P. The smallest absolute Gasteiger partial charge is 0.360 e. The second-order valence-electron chi connectivity index (χ2n) is 9.29. The van der Waals surface area contributed by atoms with Crippen LogP contribution in [0.4, 0.5) is 38.1 Å². The molecule has 0 aliphatic carbocycles. The molecule has 1 aliphatic heterocycles. The zero-order valence-corrected chi connectivity index (χ0v) is 22.9. The summed E-state index contributed by atoms with van der Waals surface area (Å²) in [5.41, 5.74) is -0.887. The summed E-state index contributed by atoms with van der Waals surface area (Å²) in [5.74, 6) is -6.49. The van der Waals surface area contributed by atoms with Gasteiger partial charge in [0.05, 0.1) is 24.0 Å². The Balaban J connectivity index is 1.63. The number of phosphoric acid groups is 1. The van der Waals surface area contributed by atoms with Gasteiger partial charge in [0.1, 0.15) is 30.0 Å². The Morgan fingerprint density at radius 2 is 1.67 bits per heavy atom. The van der Waals surface area contributed by atoms with Gasteiger partial charge in [-0.1, -0.05) is 6.07 Å². The highest BCUT2D eigenvalue weighted by molar-refractivity contribution is 7.46. The minimum atomic E-state index is -4.87. The van der Waals surface area contributed by atoms with Gasteiger partial charge in [0.15, 0.2) is 5.82 Å². The van der Waals surface area contributed by atoms with E-state index in [1.807, 2.05) is 0 Å². The average molecular weight is 614 g/mol. The van der Waals surface area contributed by atoms with Crippen LogP contribution in [-0.2, 0) is 22.2 Å². The van der Waals surface area contributed by atoms with Crippen molar-refractivity contribution in [1.82, 2.24) is 10.2 Å². The number of anilines is 2. The van der Waals surface area contributed by atoms with Crippen molar-refractivity contribution < 1.29 is 50.4 Å². The molecule has 224 valence electrons. The number of urea groups is 1. The van der Waals surface area contributed by atoms with Crippen molar-refractivity contribution in [2.45, 2.75) is 26.1 Å². The van der Waals surface area contributed by atoms with Crippen LogP contribution in [0.2, 0.25) is 0 Å². The molecule has 0 aromatic heterocycles. The molecule has 1 aliphatic rings. The lowest BCUT2D eigenvalue weighted by Gasteiger charge is -2.39. The van der Waals surface area contributed by atoms with Crippen LogP contribution < -0.4 is 15.5 Å². The van der Waals surface area contributed by atoms with Gasteiger partial charge in [-0.25, -0.2) is 31.3 Å². The molecule has 0 fully saturated rings. The number of carbonyl (C=O) groups is 2. The zero-order chi connectivity index (χ0) is 30.9. The van der Waals surface area contributed by atoms with Crippen LogP contribution in [-0.4, -0.2) is 40.4 Å². The Bertz CT molecular complexity index is 1580. The second kappa shape index (κ2) is 12.1. The molecule has 10 nitrogen and oxygen atoms in total. The zero-order valence-electron chi connectivity index (χ0n) is 22.0. The van der Waals surface area contributed by atoms with Crippen molar-refractivity contribution in [2.24, 2.45) is 0 Å². The van der Waals surface area contributed by atoms with Crippen molar-refractivity contribution in [3.05, 3.63) is 93.8 Å². The molecule has 1 heterocycles. The van der Waals surface area contributed by atoms with E-state index in [1.54, 1.807) is 6.92 Å². The number of nitrogens with zero attached hydrogens (tertiary/aromatic N) is 2. The first-order chi connectivity index (χ1) is 19.7. The van der Waals surface area contributed by atoms with Crippen molar-refractivity contribution >= 4 is 31.1 Å². The van der Waals surface area contributed by atoms with Crippen LogP contribution in [0.15, 0.2) is 42.5 Å². The first-order valence-corrected chi connectivity index (χ1v) is 13.7. The highest BCUT2D eigenvalue weighted by Gasteiger charge is 2.35. The van der Waals surface area contributed by atoms with E-state index in [4.69, 9.17) is 9.79 Å². The van der Waals surface area contributed by atoms with E-state index in [0.29, 0.717) is 17.7 Å². The van der Waals surface area contributed by atoms with Crippen LogP contribution in [0.3, 0.4) is 0 Å². The Morgan fingerprint density at radius 1 is 1.00 bits per heavy atom. The lowest BCUT2D eigenvalue weighted by molar-refractivity contribution is 0.0950. The molecule has 0 bridgehead atoms. The third-order valence-corrected chi connectivity index (χ3v) is 7.14. The monoisotopic (exact) mass is 614 g/mol. The van der Waals surface area contributed by atoms with Gasteiger partial charge in [0.2, 0.25) is 0 Å². The summed E-state index contributed by atoms with van der Waals surface area (Å²) in [6, 6.07) is 5.85. The number of nitrogens with one attached hydrogen (secondary N) is 2. The van der Waals surface area contributed by atoms with Gasteiger partial charge < -0.3 is 25.3 Å². The molecule has 1 atom stereocenters. The van der Waals surface area contributed by atoms with E-state index in [9.17, 15) is 31.7 Å². The number of benzene rings is 3. The number of hydrogen-bond donors (Lipinski definition) is 4. The van der Waals surface area contributed by atoms with Gasteiger partial charge in [-0.15, -0.1) is 0 Å². The summed E-state index contributed by atoms with van der Waals surface area (Å²) in [7, 11) is -3.40. The minimum absolute atomic E-state index is 0.0443. The summed E-state index contributed by atoms with van der Waals surface area (Å²) in [6.07, 6.45) is 0. The predicted molar refractivity (Wildman–Crippen MR) is 140 cm³/mol.